The van der Waals surface area contributed by atoms with Crippen LogP contribution in [0.2, 0.25) is 0 Å². The minimum atomic E-state index is -4.65. The number of phenols is 1. The maximum Gasteiger partial charge on any atom is 0.416 e. The number of benzene rings is 2. The first-order valence-electron chi connectivity index (χ1n) is 6.92. The quantitative estimate of drug-likeness (QED) is 0.810. The molecule has 130 valence electrons. The van der Waals surface area contributed by atoms with Crippen molar-refractivity contribution in [3.05, 3.63) is 52.6 Å². The van der Waals surface area contributed by atoms with Gasteiger partial charge in [-0.2, -0.15) is 13.2 Å². The first kappa shape index (κ1) is 18.1. The lowest BCUT2D eigenvalue weighted by Crippen LogP contribution is -2.16. The molecule has 24 heavy (non-hydrogen) atoms. The zero-order valence-corrected chi connectivity index (χ0v) is 14.0. The first-order valence-corrected chi connectivity index (χ1v) is 8.41. The molecular weight excluding hydrogens is 343 g/mol. The van der Waals surface area contributed by atoms with Crippen LogP contribution in [-0.2, 0) is 16.2 Å². The Hall–Kier alpha value is -2.22. The largest absolute Gasteiger partial charge is 0.506 e. The lowest BCUT2D eigenvalue weighted by molar-refractivity contribution is -0.137. The molecular formula is C16H16F3NO3S. The Morgan fingerprint density at radius 3 is 2.04 bits per heavy atom. The molecule has 0 radical (unpaired) electrons. The number of sulfonamides is 1. The highest BCUT2D eigenvalue weighted by Gasteiger charge is 2.32. The molecule has 2 rings (SSSR count). The number of hydrogen-bond donors (Lipinski definition) is 2. The molecule has 0 aliphatic heterocycles. The van der Waals surface area contributed by atoms with E-state index in [1.807, 2.05) is 11.6 Å². The summed E-state index contributed by atoms with van der Waals surface area (Å²) >= 11 is 0. The van der Waals surface area contributed by atoms with E-state index in [4.69, 9.17) is 0 Å². The summed E-state index contributed by atoms with van der Waals surface area (Å²) in [5, 5.41) is 9.70. The monoisotopic (exact) mass is 359 g/mol. The summed E-state index contributed by atoms with van der Waals surface area (Å²) in [5.74, 6) is -0.589. The normalized spacial score (nSPS) is 12.2. The van der Waals surface area contributed by atoms with Gasteiger partial charge in [-0.1, -0.05) is 17.7 Å². The van der Waals surface area contributed by atoms with E-state index in [1.165, 1.54) is 0 Å². The van der Waals surface area contributed by atoms with Crippen molar-refractivity contribution in [3.63, 3.8) is 0 Å². The van der Waals surface area contributed by atoms with Crippen molar-refractivity contribution >= 4 is 15.7 Å². The third-order valence-electron chi connectivity index (χ3n) is 3.44. The topological polar surface area (TPSA) is 66.4 Å². The SMILES string of the molecule is Cc1cc(C)c(S(=O)(=O)Nc2cc(C(F)(F)F)ccc2O)c(C)c1. The molecule has 8 heteroatoms. The summed E-state index contributed by atoms with van der Waals surface area (Å²) in [5.41, 5.74) is 0.211. The molecule has 0 aliphatic carbocycles. The van der Waals surface area contributed by atoms with E-state index in [0.29, 0.717) is 23.3 Å². The van der Waals surface area contributed by atoms with Crippen molar-refractivity contribution in [1.29, 1.82) is 0 Å². The average molecular weight is 359 g/mol. The smallest absolute Gasteiger partial charge is 0.416 e. The number of anilines is 1. The predicted molar refractivity (Wildman–Crippen MR) is 84.6 cm³/mol. The van der Waals surface area contributed by atoms with Crippen LogP contribution in [0.3, 0.4) is 0 Å². The van der Waals surface area contributed by atoms with Crippen molar-refractivity contribution < 1.29 is 26.7 Å². The van der Waals surface area contributed by atoms with E-state index in [9.17, 15) is 26.7 Å². The predicted octanol–water partition coefficient (Wildman–Crippen LogP) is 4.14. The van der Waals surface area contributed by atoms with Gasteiger partial charge in [-0.05, 0) is 50.1 Å². The van der Waals surface area contributed by atoms with Crippen molar-refractivity contribution in [2.24, 2.45) is 0 Å². The molecule has 0 fully saturated rings. The molecule has 0 aromatic heterocycles. The Morgan fingerprint density at radius 1 is 1.00 bits per heavy atom. The molecule has 4 nitrogen and oxygen atoms in total. The Balaban J connectivity index is 2.51. The molecule has 0 bridgehead atoms. The number of hydrogen-bond acceptors (Lipinski definition) is 3. The highest BCUT2D eigenvalue weighted by Crippen LogP contribution is 2.35. The molecule has 0 aliphatic rings. The van der Waals surface area contributed by atoms with Gasteiger partial charge in [0.2, 0.25) is 0 Å². The fourth-order valence-electron chi connectivity index (χ4n) is 2.58. The molecule has 2 aromatic rings. The number of rotatable bonds is 3. The van der Waals surface area contributed by atoms with Gasteiger partial charge in [0.15, 0.2) is 0 Å². The standard InChI is InChI=1S/C16H16F3NO3S/c1-9-6-10(2)15(11(3)7-9)24(22,23)20-13-8-12(16(17,18)19)4-5-14(13)21/h4-8,20-21H,1-3H3. The molecule has 0 unspecified atom stereocenters. The number of alkyl halides is 3. The number of nitrogens with one attached hydrogen (secondary N) is 1. The Kier molecular flexibility index (Phi) is 4.54. The zero-order chi connectivity index (χ0) is 18.3. The van der Waals surface area contributed by atoms with Gasteiger partial charge < -0.3 is 5.11 Å². The van der Waals surface area contributed by atoms with Gasteiger partial charge in [0.1, 0.15) is 5.75 Å². The molecule has 0 saturated carbocycles. The van der Waals surface area contributed by atoms with Gasteiger partial charge in [-0.3, -0.25) is 4.72 Å². The molecule has 2 N–H and O–H groups in total. The summed E-state index contributed by atoms with van der Waals surface area (Å²) in [6.07, 6.45) is -4.65. The number of phenolic OH excluding ortho intramolecular Hbond substituents is 1. The molecule has 0 amide bonds. The minimum Gasteiger partial charge on any atom is -0.506 e. The van der Waals surface area contributed by atoms with Crippen LogP contribution in [0.5, 0.6) is 5.75 Å². The van der Waals surface area contributed by atoms with Crippen molar-refractivity contribution in [3.8, 4) is 5.75 Å². The lowest BCUT2D eigenvalue weighted by Gasteiger charge is -2.16. The molecule has 0 heterocycles. The second kappa shape index (κ2) is 6.01. The van der Waals surface area contributed by atoms with E-state index in [0.717, 1.165) is 11.6 Å². The molecule has 0 saturated heterocycles. The van der Waals surface area contributed by atoms with Gasteiger partial charge in [-0.15, -0.1) is 0 Å². The van der Waals surface area contributed by atoms with Gasteiger partial charge in [0.05, 0.1) is 16.1 Å². The van der Waals surface area contributed by atoms with Crippen LogP contribution in [0.1, 0.15) is 22.3 Å². The third kappa shape index (κ3) is 3.64. The Morgan fingerprint density at radius 2 is 1.54 bits per heavy atom. The van der Waals surface area contributed by atoms with Crippen molar-refractivity contribution in [2.75, 3.05) is 4.72 Å². The van der Waals surface area contributed by atoms with Crippen molar-refractivity contribution in [2.45, 2.75) is 31.8 Å². The van der Waals surface area contributed by atoms with E-state index < -0.39 is 33.2 Å². The van der Waals surface area contributed by atoms with Crippen LogP contribution in [0.15, 0.2) is 35.2 Å². The average Bonchev–Trinajstić information content (AvgIpc) is 2.37. The van der Waals surface area contributed by atoms with Crippen LogP contribution in [0.25, 0.3) is 0 Å². The lowest BCUT2D eigenvalue weighted by atomic mass is 10.1. The summed E-state index contributed by atoms with van der Waals surface area (Å²) in [6.45, 7) is 5.00. The Labute approximate surface area is 138 Å². The van der Waals surface area contributed by atoms with Crippen LogP contribution in [0.4, 0.5) is 18.9 Å². The van der Waals surface area contributed by atoms with E-state index in [1.54, 1.807) is 26.0 Å². The number of aromatic hydroxyl groups is 1. The molecule has 0 atom stereocenters. The summed E-state index contributed by atoms with van der Waals surface area (Å²) in [6, 6.07) is 5.36. The van der Waals surface area contributed by atoms with E-state index >= 15 is 0 Å². The molecule has 2 aromatic carbocycles. The zero-order valence-electron chi connectivity index (χ0n) is 13.2. The maximum atomic E-state index is 12.8. The van der Waals surface area contributed by atoms with Crippen LogP contribution >= 0.6 is 0 Å². The van der Waals surface area contributed by atoms with Crippen molar-refractivity contribution in [1.82, 2.24) is 0 Å². The summed E-state index contributed by atoms with van der Waals surface area (Å²) in [4.78, 5) is -0.0232. The van der Waals surface area contributed by atoms with Crippen LogP contribution in [0, 0.1) is 20.8 Å². The van der Waals surface area contributed by atoms with Gasteiger partial charge in [0.25, 0.3) is 10.0 Å². The number of aryl methyl sites for hydroxylation is 3. The fourth-order valence-corrected chi connectivity index (χ4v) is 4.10. The maximum absolute atomic E-state index is 12.8. The summed E-state index contributed by atoms with van der Waals surface area (Å²) < 4.78 is 65.5. The third-order valence-corrected chi connectivity index (χ3v) is 5.11. The fraction of sp³-hybridized carbons (Fsp3) is 0.250. The minimum absolute atomic E-state index is 0.0232. The Bertz CT molecular complexity index is 867. The van der Waals surface area contributed by atoms with E-state index in [2.05, 4.69) is 0 Å². The first-order chi connectivity index (χ1) is 10.9. The second-order valence-corrected chi connectivity index (χ2v) is 7.18. The van der Waals surface area contributed by atoms with Crippen LogP contribution in [-0.4, -0.2) is 13.5 Å². The van der Waals surface area contributed by atoms with Crippen LogP contribution < -0.4 is 4.72 Å². The van der Waals surface area contributed by atoms with Gasteiger partial charge >= 0.3 is 6.18 Å². The van der Waals surface area contributed by atoms with E-state index in [-0.39, 0.29) is 4.90 Å². The molecule has 0 spiro atoms. The highest BCUT2D eigenvalue weighted by molar-refractivity contribution is 7.92. The highest BCUT2D eigenvalue weighted by atomic mass is 32.2. The second-order valence-electron chi connectivity index (χ2n) is 5.56. The van der Waals surface area contributed by atoms with Gasteiger partial charge in [0, 0.05) is 0 Å². The van der Waals surface area contributed by atoms with Gasteiger partial charge in [-0.25, -0.2) is 8.42 Å². The number of halogens is 3. The summed E-state index contributed by atoms with van der Waals surface area (Å²) in [7, 11) is -4.15.